The summed E-state index contributed by atoms with van der Waals surface area (Å²) in [6.45, 7) is 0.348. The van der Waals surface area contributed by atoms with Gasteiger partial charge in [-0.1, -0.05) is 23.7 Å². The number of hydrogen-bond acceptors (Lipinski definition) is 3. The van der Waals surface area contributed by atoms with Crippen LogP contribution in [0.4, 0.5) is 0 Å². The molecule has 0 spiro atoms. The summed E-state index contributed by atoms with van der Waals surface area (Å²) >= 11 is 5.96. The van der Waals surface area contributed by atoms with Crippen molar-refractivity contribution in [3.05, 3.63) is 64.7 Å². The number of hydrogen-bond donors (Lipinski definition) is 1. The highest BCUT2D eigenvalue weighted by atomic mass is 35.5. The van der Waals surface area contributed by atoms with E-state index in [0.717, 1.165) is 5.56 Å². The highest BCUT2D eigenvalue weighted by Gasteiger charge is 2.11. The summed E-state index contributed by atoms with van der Waals surface area (Å²) in [5.41, 5.74) is 7.26. The van der Waals surface area contributed by atoms with Crippen molar-refractivity contribution in [1.29, 1.82) is 5.26 Å². The Balaban J connectivity index is 2.17. The predicted molar refractivity (Wildman–Crippen MR) is 75.0 cm³/mol. The standard InChI is InChI=1S/C15H13ClN2O/c16-13-3-1-2-12(8-13)15(10-18)19-14-6-4-11(9-17)5-7-14/h1-8,15H,10,18H2. The smallest absolute Gasteiger partial charge is 0.136 e. The Morgan fingerprint density at radius 1 is 1.21 bits per heavy atom. The van der Waals surface area contributed by atoms with Crippen LogP contribution >= 0.6 is 11.6 Å². The zero-order valence-corrected chi connectivity index (χ0v) is 11.0. The second-order valence-electron chi connectivity index (χ2n) is 4.03. The first-order valence-electron chi connectivity index (χ1n) is 5.85. The van der Waals surface area contributed by atoms with Crippen molar-refractivity contribution in [2.24, 2.45) is 5.73 Å². The van der Waals surface area contributed by atoms with Crippen LogP contribution in [-0.2, 0) is 0 Å². The summed E-state index contributed by atoms with van der Waals surface area (Å²) in [7, 11) is 0. The molecule has 19 heavy (non-hydrogen) atoms. The third-order valence-electron chi connectivity index (χ3n) is 2.70. The summed E-state index contributed by atoms with van der Waals surface area (Å²) in [6, 6.07) is 16.4. The van der Waals surface area contributed by atoms with Crippen molar-refractivity contribution in [2.45, 2.75) is 6.10 Å². The fourth-order valence-electron chi connectivity index (χ4n) is 1.73. The largest absolute Gasteiger partial charge is 0.484 e. The van der Waals surface area contributed by atoms with E-state index >= 15 is 0 Å². The Hall–Kier alpha value is -2.02. The van der Waals surface area contributed by atoms with E-state index in [4.69, 9.17) is 27.3 Å². The molecule has 1 atom stereocenters. The van der Waals surface area contributed by atoms with Crippen LogP contribution in [0, 0.1) is 11.3 Å². The number of nitriles is 1. The van der Waals surface area contributed by atoms with Crippen LogP contribution in [0.25, 0.3) is 0 Å². The van der Waals surface area contributed by atoms with Crippen LogP contribution in [0.5, 0.6) is 5.75 Å². The first kappa shape index (κ1) is 13.4. The SMILES string of the molecule is N#Cc1ccc(OC(CN)c2cccc(Cl)c2)cc1. The Morgan fingerprint density at radius 3 is 2.53 bits per heavy atom. The summed E-state index contributed by atoms with van der Waals surface area (Å²) in [5, 5.41) is 9.39. The molecule has 0 aromatic heterocycles. The molecule has 1 unspecified atom stereocenters. The average Bonchev–Trinajstić information content (AvgIpc) is 2.45. The van der Waals surface area contributed by atoms with E-state index in [2.05, 4.69) is 6.07 Å². The van der Waals surface area contributed by atoms with Gasteiger partial charge in [0.05, 0.1) is 11.6 Å². The molecule has 0 aliphatic heterocycles. The highest BCUT2D eigenvalue weighted by molar-refractivity contribution is 6.30. The highest BCUT2D eigenvalue weighted by Crippen LogP contribution is 2.23. The van der Waals surface area contributed by atoms with Gasteiger partial charge >= 0.3 is 0 Å². The summed E-state index contributed by atoms with van der Waals surface area (Å²) in [4.78, 5) is 0. The molecular formula is C15H13ClN2O. The first-order chi connectivity index (χ1) is 9.22. The molecule has 2 aromatic rings. The van der Waals surface area contributed by atoms with Gasteiger partial charge < -0.3 is 10.5 Å². The zero-order chi connectivity index (χ0) is 13.7. The maximum absolute atomic E-state index is 8.74. The molecule has 0 amide bonds. The number of nitrogens with two attached hydrogens (primary N) is 1. The van der Waals surface area contributed by atoms with Crippen LogP contribution in [0.3, 0.4) is 0 Å². The molecule has 96 valence electrons. The Labute approximate surface area is 117 Å². The molecule has 2 aromatic carbocycles. The fourth-order valence-corrected chi connectivity index (χ4v) is 1.93. The van der Waals surface area contributed by atoms with Gasteiger partial charge in [0.15, 0.2) is 0 Å². The van der Waals surface area contributed by atoms with Gasteiger partial charge in [-0.05, 0) is 42.0 Å². The van der Waals surface area contributed by atoms with Crippen LogP contribution in [-0.4, -0.2) is 6.54 Å². The summed E-state index contributed by atoms with van der Waals surface area (Å²) in [6.07, 6.45) is -0.258. The Morgan fingerprint density at radius 2 is 1.95 bits per heavy atom. The molecule has 0 bridgehead atoms. The van der Waals surface area contributed by atoms with Crippen LogP contribution < -0.4 is 10.5 Å². The minimum atomic E-state index is -0.258. The summed E-state index contributed by atoms with van der Waals surface area (Å²) < 4.78 is 5.81. The molecule has 0 fully saturated rings. The summed E-state index contributed by atoms with van der Waals surface area (Å²) in [5.74, 6) is 0.675. The molecule has 3 nitrogen and oxygen atoms in total. The minimum Gasteiger partial charge on any atom is -0.484 e. The van der Waals surface area contributed by atoms with Gasteiger partial charge in [-0.3, -0.25) is 0 Å². The maximum Gasteiger partial charge on any atom is 0.136 e. The molecule has 0 radical (unpaired) electrons. The van der Waals surface area contributed by atoms with Crippen LogP contribution in [0.15, 0.2) is 48.5 Å². The molecule has 2 N–H and O–H groups in total. The number of rotatable bonds is 4. The maximum atomic E-state index is 8.74. The monoisotopic (exact) mass is 272 g/mol. The van der Waals surface area contributed by atoms with Crippen molar-refractivity contribution in [3.8, 4) is 11.8 Å². The molecule has 0 saturated carbocycles. The van der Waals surface area contributed by atoms with Crippen LogP contribution in [0.1, 0.15) is 17.2 Å². The van der Waals surface area contributed by atoms with Crippen molar-refractivity contribution < 1.29 is 4.74 Å². The quantitative estimate of drug-likeness (QED) is 0.929. The third kappa shape index (κ3) is 3.47. The molecule has 4 heteroatoms. The van der Waals surface area contributed by atoms with Gasteiger partial charge in [0, 0.05) is 11.6 Å². The average molecular weight is 273 g/mol. The number of halogens is 1. The minimum absolute atomic E-state index is 0.258. The van der Waals surface area contributed by atoms with E-state index in [1.54, 1.807) is 30.3 Å². The second kappa shape index (κ2) is 6.24. The Kier molecular flexibility index (Phi) is 4.40. The van der Waals surface area contributed by atoms with Gasteiger partial charge in [0.2, 0.25) is 0 Å². The molecule has 0 heterocycles. The van der Waals surface area contributed by atoms with Crippen molar-refractivity contribution in [3.63, 3.8) is 0 Å². The van der Waals surface area contributed by atoms with Crippen molar-refractivity contribution >= 4 is 11.6 Å². The predicted octanol–water partition coefficient (Wildman–Crippen LogP) is 3.29. The van der Waals surface area contributed by atoms with Crippen molar-refractivity contribution in [2.75, 3.05) is 6.54 Å². The lowest BCUT2D eigenvalue weighted by Gasteiger charge is -2.18. The van der Waals surface area contributed by atoms with E-state index in [1.165, 1.54) is 0 Å². The van der Waals surface area contributed by atoms with Crippen LogP contribution in [0.2, 0.25) is 5.02 Å². The lowest BCUT2D eigenvalue weighted by Crippen LogP contribution is -2.18. The zero-order valence-electron chi connectivity index (χ0n) is 10.2. The fraction of sp³-hybridized carbons (Fsp3) is 0.133. The Bertz CT molecular complexity index is 590. The molecule has 0 aliphatic carbocycles. The third-order valence-corrected chi connectivity index (χ3v) is 2.93. The topological polar surface area (TPSA) is 59.0 Å². The van der Waals surface area contributed by atoms with Gasteiger partial charge in [-0.2, -0.15) is 5.26 Å². The number of ether oxygens (including phenoxy) is 1. The van der Waals surface area contributed by atoms with E-state index in [9.17, 15) is 0 Å². The lowest BCUT2D eigenvalue weighted by atomic mass is 10.1. The van der Waals surface area contributed by atoms with Gasteiger partial charge in [0.1, 0.15) is 11.9 Å². The first-order valence-corrected chi connectivity index (χ1v) is 6.23. The van der Waals surface area contributed by atoms with E-state index in [-0.39, 0.29) is 6.10 Å². The molecule has 0 saturated heterocycles. The van der Waals surface area contributed by atoms with E-state index in [0.29, 0.717) is 22.9 Å². The molecule has 0 aliphatic rings. The molecule has 2 rings (SSSR count). The van der Waals surface area contributed by atoms with Gasteiger partial charge in [0.25, 0.3) is 0 Å². The normalized spacial score (nSPS) is 11.6. The van der Waals surface area contributed by atoms with E-state index < -0.39 is 0 Å². The lowest BCUT2D eigenvalue weighted by molar-refractivity contribution is 0.214. The van der Waals surface area contributed by atoms with E-state index in [1.807, 2.05) is 18.2 Å². The number of benzene rings is 2. The second-order valence-corrected chi connectivity index (χ2v) is 4.47. The van der Waals surface area contributed by atoms with Gasteiger partial charge in [-0.15, -0.1) is 0 Å². The van der Waals surface area contributed by atoms with Crippen molar-refractivity contribution in [1.82, 2.24) is 0 Å². The van der Waals surface area contributed by atoms with Gasteiger partial charge in [-0.25, -0.2) is 0 Å². The number of nitrogens with zero attached hydrogens (tertiary/aromatic N) is 1. The molecular weight excluding hydrogens is 260 g/mol.